The minimum absolute atomic E-state index is 0.771. The molecule has 0 heterocycles. The van der Waals surface area contributed by atoms with Crippen LogP contribution < -0.4 is 0 Å². The van der Waals surface area contributed by atoms with Gasteiger partial charge in [-0.1, -0.05) is 43.3 Å². The van der Waals surface area contributed by atoms with Crippen LogP contribution in [-0.4, -0.2) is 5.04 Å². The van der Waals surface area contributed by atoms with Crippen molar-refractivity contribution in [3.8, 4) is 0 Å². The fraction of sp³-hybridized carbons (Fsp3) is 0.364. The van der Waals surface area contributed by atoms with Gasteiger partial charge in [0, 0.05) is 4.90 Å². The lowest BCUT2D eigenvalue weighted by Crippen LogP contribution is -1.88. The molecule has 0 aromatic heterocycles. The molecule has 2 heteroatoms. The van der Waals surface area contributed by atoms with Crippen LogP contribution in [0.1, 0.15) is 26.2 Å². The maximum Gasteiger partial charge on any atom is 0.0689 e. The molecule has 0 unspecified atom stereocenters. The van der Waals surface area contributed by atoms with Crippen molar-refractivity contribution < 1.29 is 0 Å². The molecule has 0 saturated carbocycles. The van der Waals surface area contributed by atoms with Crippen LogP contribution in [0.2, 0.25) is 0 Å². The monoisotopic (exact) mass is 193 g/mol. The topological polar surface area (TPSA) is 23.9 Å². The van der Waals surface area contributed by atoms with E-state index in [-0.39, 0.29) is 0 Å². The fourth-order valence-electron chi connectivity index (χ4n) is 1.02. The number of hydrogen-bond acceptors (Lipinski definition) is 2. The second-order valence-electron chi connectivity index (χ2n) is 2.94. The van der Waals surface area contributed by atoms with Gasteiger partial charge in [-0.3, -0.25) is 5.41 Å². The summed E-state index contributed by atoms with van der Waals surface area (Å²) in [5.74, 6) is 0. The number of rotatable bonds is 4. The summed E-state index contributed by atoms with van der Waals surface area (Å²) < 4.78 is 0. The maximum absolute atomic E-state index is 7.69. The zero-order chi connectivity index (χ0) is 9.52. The summed E-state index contributed by atoms with van der Waals surface area (Å²) in [6.07, 6.45) is 3.20. The summed E-state index contributed by atoms with van der Waals surface area (Å²) in [5.41, 5.74) is 0. The minimum atomic E-state index is 0.771. The van der Waals surface area contributed by atoms with Gasteiger partial charge in [0.1, 0.15) is 0 Å². The van der Waals surface area contributed by atoms with E-state index in [1.54, 1.807) is 11.8 Å². The second kappa shape index (κ2) is 5.81. The molecule has 1 aromatic carbocycles. The zero-order valence-electron chi connectivity index (χ0n) is 7.92. The molecule has 0 bridgehead atoms. The van der Waals surface area contributed by atoms with Crippen LogP contribution in [0.15, 0.2) is 35.2 Å². The summed E-state index contributed by atoms with van der Waals surface area (Å²) in [7, 11) is 0. The van der Waals surface area contributed by atoms with E-state index in [9.17, 15) is 0 Å². The molecule has 0 spiro atoms. The molecule has 0 aliphatic carbocycles. The Morgan fingerprint density at radius 3 is 2.62 bits per heavy atom. The van der Waals surface area contributed by atoms with Gasteiger partial charge in [0.15, 0.2) is 0 Å². The molecule has 70 valence electrons. The summed E-state index contributed by atoms with van der Waals surface area (Å²) in [4.78, 5) is 1.17. The van der Waals surface area contributed by atoms with E-state index in [0.29, 0.717) is 0 Å². The predicted octanol–water partition coefficient (Wildman–Crippen LogP) is 3.95. The molecule has 1 N–H and O–H groups in total. The quantitative estimate of drug-likeness (QED) is 0.437. The number of unbranched alkanes of at least 4 members (excludes halogenated alkanes) is 1. The van der Waals surface area contributed by atoms with Gasteiger partial charge in [-0.05, 0) is 25.0 Å². The first kappa shape index (κ1) is 10.3. The lowest BCUT2D eigenvalue weighted by atomic mass is 10.3. The van der Waals surface area contributed by atoms with Gasteiger partial charge >= 0.3 is 0 Å². The van der Waals surface area contributed by atoms with Gasteiger partial charge in [-0.15, -0.1) is 0 Å². The molecule has 0 amide bonds. The van der Waals surface area contributed by atoms with Gasteiger partial charge in [-0.25, -0.2) is 0 Å². The fourth-order valence-corrected chi connectivity index (χ4v) is 1.84. The van der Waals surface area contributed by atoms with Crippen molar-refractivity contribution in [2.75, 3.05) is 0 Å². The van der Waals surface area contributed by atoms with Crippen molar-refractivity contribution in [2.45, 2.75) is 31.1 Å². The highest BCUT2D eigenvalue weighted by molar-refractivity contribution is 8.13. The zero-order valence-corrected chi connectivity index (χ0v) is 8.73. The van der Waals surface area contributed by atoms with Gasteiger partial charge < -0.3 is 0 Å². The van der Waals surface area contributed by atoms with E-state index in [1.807, 2.05) is 30.3 Å². The average Bonchev–Trinajstić information content (AvgIpc) is 2.16. The molecule has 1 nitrogen and oxygen atoms in total. The first-order valence-corrected chi connectivity index (χ1v) is 5.45. The number of nitrogens with one attached hydrogen (secondary N) is 1. The van der Waals surface area contributed by atoms with Crippen molar-refractivity contribution in [2.24, 2.45) is 0 Å². The smallest absolute Gasteiger partial charge is 0.0689 e. The van der Waals surface area contributed by atoms with Crippen LogP contribution in [0.4, 0.5) is 0 Å². The van der Waals surface area contributed by atoms with E-state index in [2.05, 4.69) is 6.92 Å². The molecule has 13 heavy (non-hydrogen) atoms. The summed E-state index contributed by atoms with van der Waals surface area (Å²) >= 11 is 1.57. The number of hydrogen-bond donors (Lipinski definition) is 1. The SMILES string of the molecule is CCCCC(=N)Sc1ccccc1. The van der Waals surface area contributed by atoms with Crippen LogP contribution in [0.5, 0.6) is 0 Å². The first-order valence-electron chi connectivity index (χ1n) is 4.63. The Hall–Kier alpha value is -0.760. The molecular weight excluding hydrogens is 178 g/mol. The highest BCUT2D eigenvalue weighted by atomic mass is 32.2. The third kappa shape index (κ3) is 4.13. The predicted molar refractivity (Wildman–Crippen MR) is 59.6 cm³/mol. The highest BCUT2D eigenvalue weighted by Crippen LogP contribution is 2.20. The van der Waals surface area contributed by atoms with Crippen LogP contribution in [0.3, 0.4) is 0 Å². The van der Waals surface area contributed by atoms with Crippen LogP contribution >= 0.6 is 11.8 Å². The molecule has 1 aromatic rings. The summed E-state index contributed by atoms with van der Waals surface area (Å²) in [6.45, 7) is 2.15. The Kier molecular flexibility index (Phi) is 4.61. The molecular formula is C11H15NS. The summed E-state index contributed by atoms with van der Waals surface area (Å²) in [6, 6.07) is 10.1. The maximum atomic E-state index is 7.69. The molecule has 0 saturated heterocycles. The lowest BCUT2D eigenvalue weighted by Gasteiger charge is -2.01. The van der Waals surface area contributed by atoms with Gasteiger partial charge in [0.25, 0.3) is 0 Å². The van der Waals surface area contributed by atoms with Crippen LogP contribution in [0.25, 0.3) is 0 Å². The average molecular weight is 193 g/mol. The van der Waals surface area contributed by atoms with E-state index < -0.39 is 0 Å². The molecule has 0 fully saturated rings. The van der Waals surface area contributed by atoms with E-state index >= 15 is 0 Å². The molecule has 0 atom stereocenters. The van der Waals surface area contributed by atoms with Gasteiger partial charge in [0.05, 0.1) is 5.04 Å². The Labute approximate surface area is 84.1 Å². The van der Waals surface area contributed by atoms with E-state index in [1.165, 1.54) is 4.90 Å². The van der Waals surface area contributed by atoms with Crippen molar-refractivity contribution in [1.82, 2.24) is 0 Å². The molecule has 1 rings (SSSR count). The normalized spacial score (nSPS) is 9.92. The lowest BCUT2D eigenvalue weighted by molar-refractivity contribution is 0.838. The standard InChI is InChI=1S/C11H15NS/c1-2-3-9-11(12)13-10-7-5-4-6-8-10/h4-8,12H,2-3,9H2,1H3. The van der Waals surface area contributed by atoms with Crippen LogP contribution in [0, 0.1) is 5.41 Å². The van der Waals surface area contributed by atoms with E-state index in [4.69, 9.17) is 5.41 Å². The van der Waals surface area contributed by atoms with Crippen molar-refractivity contribution in [3.63, 3.8) is 0 Å². The van der Waals surface area contributed by atoms with Gasteiger partial charge in [0.2, 0.25) is 0 Å². The van der Waals surface area contributed by atoms with Crippen molar-refractivity contribution in [3.05, 3.63) is 30.3 Å². The first-order chi connectivity index (χ1) is 6.33. The van der Waals surface area contributed by atoms with Crippen molar-refractivity contribution in [1.29, 1.82) is 5.41 Å². The Morgan fingerprint density at radius 1 is 1.31 bits per heavy atom. The molecule has 0 aliphatic rings. The molecule has 0 aliphatic heterocycles. The summed E-state index contributed by atoms with van der Waals surface area (Å²) in [5, 5.41) is 8.46. The Morgan fingerprint density at radius 2 is 2.00 bits per heavy atom. The van der Waals surface area contributed by atoms with Gasteiger partial charge in [-0.2, -0.15) is 0 Å². The number of thioether (sulfide) groups is 1. The van der Waals surface area contributed by atoms with E-state index in [0.717, 1.165) is 24.3 Å². The number of benzene rings is 1. The highest BCUT2D eigenvalue weighted by Gasteiger charge is 1.98. The minimum Gasteiger partial charge on any atom is -0.298 e. The second-order valence-corrected chi connectivity index (χ2v) is 4.11. The van der Waals surface area contributed by atoms with Crippen molar-refractivity contribution >= 4 is 16.8 Å². The third-order valence-corrected chi connectivity index (χ3v) is 2.70. The third-order valence-electron chi connectivity index (χ3n) is 1.74. The largest absolute Gasteiger partial charge is 0.298 e. The molecule has 0 radical (unpaired) electrons. The Balaban J connectivity index is 2.37. The Bertz CT molecular complexity index is 256. The van der Waals surface area contributed by atoms with Crippen LogP contribution in [-0.2, 0) is 0 Å².